The number of carbonyl (C=O) groups is 1. The molecule has 2 aliphatic heterocycles. The van der Waals surface area contributed by atoms with Gasteiger partial charge in [-0.3, -0.25) is 9.69 Å². The molecule has 5 heteroatoms. The fourth-order valence-electron chi connectivity index (χ4n) is 3.31. The fourth-order valence-corrected chi connectivity index (χ4v) is 3.31. The van der Waals surface area contributed by atoms with Crippen molar-refractivity contribution in [2.45, 2.75) is 38.3 Å². The monoisotopic (exact) mass is 270 g/mol. The molecule has 0 aromatic heterocycles. The second kappa shape index (κ2) is 6.68. The summed E-state index contributed by atoms with van der Waals surface area (Å²) in [4.78, 5) is 16.0. The van der Waals surface area contributed by atoms with Gasteiger partial charge in [-0.2, -0.15) is 0 Å². The number of hydrogen-bond acceptors (Lipinski definition) is 4. The highest BCUT2D eigenvalue weighted by molar-refractivity contribution is 5.71. The molecule has 1 N–H and O–H groups in total. The average molecular weight is 270 g/mol. The minimum absolute atomic E-state index is 0.0377. The Balaban J connectivity index is 1.95. The number of likely N-dealkylation sites (tertiary alicyclic amines) is 1. The maximum Gasteiger partial charge on any atom is 0.310 e. The number of likely N-dealkylation sites (N-methyl/N-ethyl adjacent to an activating group) is 1. The number of nitrogens with zero attached hydrogens (tertiary/aromatic N) is 2. The largest absolute Gasteiger partial charge is 0.481 e. The smallest absolute Gasteiger partial charge is 0.310 e. The summed E-state index contributed by atoms with van der Waals surface area (Å²) in [5.41, 5.74) is 0. The van der Waals surface area contributed by atoms with Crippen molar-refractivity contribution in [2.24, 2.45) is 5.92 Å². The quantitative estimate of drug-likeness (QED) is 0.822. The first-order valence-corrected chi connectivity index (χ1v) is 7.38. The van der Waals surface area contributed by atoms with E-state index in [1.54, 1.807) is 0 Å². The number of carboxylic acids is 1. The minimum atomic E-state index is -0.724. The number of ether oxygens (including phenoxy) is 1. The van der Waals surface area contributed by atoms with Gasteiger partial charge in [0.25, 0.3) is 0 Å². The molecule has 0 aromatic carbocycles. The van der Waals surface area contributed by atoms with Crippen LogP contribution in [0.3, 0.4) is 0 Å². The Morgan fingerprint density at radius 3 is 2.84 bits per heavy atom. The van der Waals surface area contributed by atoms with E-state index in [-0.39, 0.29) is 12.0 Å². The van der Waals surface area contributed by atoms with Gasteiger partial charge in [0.2, 0.25) is 0 Å². The molecule has 2 heterocycles. The summed E-state index contributed by atoms with van der Waals surface area (Å²) in [6.45, 7) is 6.52. The predicted octanol–water partition coefficient (Wildman–Crippen LogP) is 0.892. The van der Waals surface area contributed by atoms with Crippen molar-refractivity contribution in [3.05, 3.63) is 0 Å². The first kappa shape index (κ1) is 14.8. The first-order chi connectivity index (χ1) is 9.13. The van der Waals surface area contributed by atoms with Crippen LogP contribution in [0.25, 0.3) is 0 Å². The average Bonchev–Trinajstić information content (AvgIpc) is 2.76. The lowest BCUT2D eigenvalue weighted by molar-refractivity contribution is -0.143. The van der Waals surface area contributed by atoms with E-state index in [9.17, 15) is 9.90 Å². The van der Waals surface area contributed by atoms with Crippen molar-refractivity contribution in [3.63, 3.8) is 0 Å². The van der Waals surface area contributed by atoms with Gasteiger partial charge in [-0.05, 0) is 45.9 Å². The van der Waals surface area contributed by atoms with Gasteiger partial charge in [0.1, 0.15) is 0 Å². The van der Waals surface area contributed by atoms with E-state index in [2.05, 4.69) is 23.8 Å². The van der Waals surface area contributed by atoms with Crippen LogP contribution in [-0.4, -0.2) is 72.9 Å². The van der Waals surface area contributed by atoms with Crippen LogP contribution in [0.2, 0.25) is 0 Å². The van der Waals surface area contributed by atoms with Gasteiger partial charge in [-0.25, -0.2) is 0 Å². The topological polar surface area (TPSA) is 53.0 Å². The molecule has 110 valence electrons. The molecule has 2 saturated heterocycles. The van der Waals surface area contributed by atoms with Gasteiger partial charge in [-0.1, -0.05) is 6.92 Å². The fraction of sp³-hybridized carbons (Fsp3) is 0.929. The normalized spacial score (nSPS) is 33.5. The molecular formula is C14H26N2O3. The molecule has 5 nitrogen and oxygen atoms in total. The zero-order valence-electron chi connectivity index (χ0n) is 12.0. The maximum absolute atomic E-state index is 11.3. The van der Waals surface area contributed by atoms with Gasteiger partial charge in [0.05, 0.1) is 19.1 Å². The summed E-state index contributed by atoms with van der Waals surface area (Å²) in [5, 5.41) is 9.25. The Hall–Kier alpha value is -0.650. The van der Waals surface area contributed by atoms with Crippen LogP contribution < -0.4 is 0 Å². The third kappa shape index (κ3) is 3.46. The molecule has 0 saturated carbocycles. The van der Waals surface area contributed by atoms with E-state index >= 15 is 0 Å². The Morgan fingerprint density at radius 2 is 2.16 bits per heavy atom. The highest BCUT2D eigenvalue weighted by Crippen LogP contribution is 2.25. The second-order valence-corrected chi connectivity index (χ2v) is 5.73. The molecule has 0 aromatic rings. The van der Waals surface area contributed by atoms with E-state index in [1.807, 2.05) is 0 Å². The van der Waals surface area contributed by atoms with Crippen molar-refractivity contribution in [1.29, 1.82) is 0 Å². The summed E-state index contributed by atoms with van der Waals surface area (Å²) in [6, 6.07) is 0.528. The molecule has 3 unspecified atom stereocenters. The zero-order valence-corrected chi connectivity index (χ0v) is 12.0. The summed E-state index contributed by atoms with van der Waals surface area (Å²) >= 11 is 0. The van der Waals surface area contributed by atoms with Crippen molar-refractivity contribution in [3.8, 4) is 0 Å². The van der Waals surface area contributed by atoms with Crippen molar-refractivity contribution in [1.82, 2.24) is 9.80 Å². The van der Waals surface area contributed by atoms with Crippen LogP contribution in [0.1, 0.15) is 26.2 Å². The zero-order chi connectivity index (χ0) is 13.8. The SMILES string of the molecule is CCN1CCCC(N(C)C2COCC2C(=O)O)CC1. The lowest BCUT2D eigenvalue weighted by Crippen LogP contribution is -2.46. The van der Waals surface area contributed by atoms with Gasteiger partial charge in [-0.15, -0.1) is 0 Å². The van der Waals surface area contributed by atoms with Crippen molar-refractivity contribution >= 4 is 5.97 Å². The Bertz CT molecular complexity index is 311. The van der Waals surface area contributed by atoms with Gasteiger partial charge < -0.3 is 14.7 Å². The van der Waals surface area contributed by atoms with Crippen LogP contribution in [0.5, 0.6) is 0 Å². The molecule has 0 bridgehead atoms. The van der Waals surface area contributed by atoms with Gasteiger partial charge in [0, 0.05) is 12.1 Å². The van der Waals surface area contributed by atoms with Crippen LogP contribution in [0.4, 0.5) is 0 Å². The molecule has 3 atom stereocenters. The van der Waals surface area contributed by atoms with Crippen molar-refractivity contribution in [2.75, 3.05) is 39.9 Å². The van der Waals surface area contributed by atoms with E-state index in [0.29, 0.717) is 19.3 Å². The molecule has 0 spiro atoms. The van der Waals surface area contributed by atoms with E-state index in [4.69, 9.17) is 4.74 Å². The molecule has 2 aliphatic rings. The Labute approximate surface area is 115 Å². The standard InChI is InChI=1S/C14H26N2O3/c1-3-16-7-4-5-11(6-8-16)15(2)13-10-19-9-12(13)14(17)18/h11-13H,3-10H2,1-2H3,(H,17,18). The predicted molar refractivity (Wildman–Crippen MR) is 73.2 cm³/mol. The molecule has 0 aliphatic carbocycles. The Kier molecular flexibility index (Phi) is 5.19. The summed E-state index contributed by atoms with van der Waals surface area (Å²) < 4.78 is 5.38. The third-order valence-corrected chi connectivity index (χ3v) is 4.70. The number of hydrogen-bond donors (Lipinski definition) is 1. The van der Waals surface area contributed by atoms with Gasteiger partial charge in [0.15, 0.2) is 0 Å². The van der Waals surface area contributed by atoms with E-state index < -0.39 is 5.97 Å². The lowest BCUT2D eigenvalue weighted by atomic mass is 9.98. The molecular weight excluding hydrogens is 244 g/mol. The van der Waals surface area contributed by atoms with Crippen LogP contribution in [0.15, 0.2) is 0 Å². The maximum atomic E-state index is 11.3. The number of aliphatic carboxylic acids is 1. The van der Waals surface area contributed by atoms with E-state index in [1.165, 1.54) is 13.0 Å². The molecule has 2 fully saturated rings. The van der Waals surface area contributed by atoms with Gasteiger partial charge >= 0.3 is 5.97 Å². The molecule has 19 heavy (non-hydrogen) atoms. The summed E-state index contributed by atoms with van der Waals surface area (Å²) in [7, 11) is 2.07. The highest BCUT2D eigenvalue weighted by atomic mass is 16.5. The molecule has 0 radical (unpaired) electrons. The summed E-state index contributed by atoms with van der Waals surface area (Å²) in [6.07, 6.45) is 3.50. The summed E-state index contributed by atoms with van der Waals surface area (Å²) in [5.74, 6) is -1.09. The molecule has 2 rings (SSSR count). The van der Waals surface area contributed by atoms with Crippen molar-refractivity contribution < 1.29 is 14.6 Å². The Morgan fingerprint density at radius 1 is 1.37 bits per heavy atom. The highest BCUT2D eigenvalue weighted by Gasteiger charge is 2.39. The number of rotatable bonds is 4. The second-order valence-electron chi connectivity index (χ2n) is 5.73. The van der Waals surface area contributed by atoms with Crippen LogP contribution >= 0.6 is 0 Å². The van der Waals surface area contributed by atoms with Crippen LogP contribution in [-0.2, 0) is 9.53 Å². The molecule has 0 amide bonds. The lowest BCUT2D eigenvalue weighted by Gasteiger charge is -2.33. The number of carboxylic acid groups (broad SMARTS) is 1. The minimum Gasteiger partial charge on any atom is -0.481 e. The first-order valence-electron chi connectivity index (χ1n) is 7.38. The van der Waals surface area contributed by atoms with E-state index in [0.717, 1.165) is 25.9 Å². The third-order valence-electron chi connectivity index (χ3n) is 4.70. The van der Waals surface area contributed by atoms with Crippen LogP contribution in [0, 0.1) is 5.92 Å².